The smallest absolute Gasteiger partial charge is 0.225 e. The van der Waals surface area contributed by atoms with Crippen molar-refractivity contribution in [2.75, 3.05) is 25.0 Å². The lowest BCUT2D eigenvalue weighted by Crippen LogP contribution is -2.33. The molecule has 1 aromatic carbocycles. The summed E-state index contributed by atoms with van der Waals surface area (Å²) < 4.78 is 0. The molecule has 0 saturated carbocycles. The molecule has 0 aliphatic carbocycles. The topological polar surface area (TPSA) is 65.5 Å². The van der Waals surface area contributed by atoms with Crippen LogP contribution in [0.25, 0.3) is 0 Å². The maximum atomic E-state index is 12.0. The number of anilines is 1. The van der Waals surface area contributed by atoms with Crippen LogP contribution in [0.4, 0.5) is 5.69 Å². The number of aromatic nitrogens is 1. The number of carbonyl (C=O) groups excluding carboxylic acids is 1. The second-order valence-electron chi connectivity index (χ2n) is 6.41. The number of hydrogen-bond acceptors (Lipinski definition) is 4. The number of carbonyl (C=O) groups is 1. The van der Waals surface area contributed by atoms with Crippen LogP contribution in [0.2, 0.25) is 0 Å². The summed E-state index contributed by atoms with van der Waals surface area (Å²) in [5, 5.41) is 13.8. The van der Waals surface area contributed by atoms with E-state index in [1.807, 2.05) is 37.3 Å². The van der Waals surface area contributed by atoms with Gasteiger partial charge < -0.3 is 10.4 Å². The van der Waals surface area contributed by atoms with E-state index in [0.29, 0.717) is 31.6 Å². The molecule has 5 nitrogen and oxygen atoms in total. The molecule has 2 N–H and O–H groups in total. The summed E-state index contributed by atoms with van der Waals surface area (Å²) in [5.74, 6) is -0.0330. The van der Waals surface area contributed by atoms with E-state index >= 15 is 0 Å². The molecule has 1 atom stereocenters. The Morgan fingerprint density at radius 2 is 2.17 bits per heavy atom. The van der Waals surface area contributed by atoms with Crippen LogP contribution in [0.1, 0.15) is 24.0 Å². The van der Waals surface area contributed by atoms with E-state index in [2.05, 4.69) is 15.2 Å². The summed E-state index contributed by atoms with van der Waals surface area (Å²) in [6, 6.07) is 11.6. The largest absolute Gasteiger partial charge is 0.384 e. The fourth-order valence-corrected chi connectivity index (χ4v) is 3.30. The number of rotatable bonds is 5. The first-order valence-corrected chi connectivity index (χ1v) is 8.27. The summed E-state index contributed by atoms with van der Waals surface area (Å²) in [6.07, 6.45) is 4.40. The van der Waals surface area contributed by atoms with Crippen LogP contribution in [0, 0.1) is 6.92 Å². The van der Waals surface area contributed by atoms with E-state index in [0.717, 1.165) is 17.7 Å². The zero-order chi connectivity index (χ0) is 17.0. The molecular weight excluding hydrogens is 302 g/mol. The SMILES string of the molecule is Cc1ccccc1C1(O)CCN(CCC(=O)Nc2cccnc2)C1. The molecule has 0 bridgehead atoms. The monoisotopic (exact) mass is 325 g/mol. The van der Waals surface area contributed by atoms with Gasteiger partial charge in [0.25, 0.3) is 0 Å². The van der Waals surface area contributed by atoms with Crippen molar-refractivity contribution in [2.24, 2.45) is 0 Å². The van der Waals surface area contributed by atoms with Gasteiger partial charge in [-0.1, -0.05) is 24.3 Å². The highest BCUT2D eigenvalue weighted by atomic mass is 16.3. The number of likely N-dealkylation sites (tertiary alicyclic amines) is 1. The van der Waals surface area contributed by atoms with Gasteiger partial charge in [-0.3, -0.25) is 14.7 Å². The number of β-amino-alcohol motifs (C(OH)–C–C–N with tert-alkyl or cyclic N) is 1. The standard InChI is InChI=1S/C19H23N3O2/c1-15-5-2-3-7-17(15)19(24)9-12-22(14-19)11-8-18(23)21-16-6-4-10-20-13-16/h2-7,10,13,24H,8-9,11-12,14H2,1H3,(H,21,23). The molecule has 1 amide bonds. The third-order valence-electron chi connectivity index (χ3n) is 4.57. The summed E-state index contributed by atoms with van der Waals surface area (Å²) >= 11 is 0. The molecule has 0 spiro atoms. The van der Waals surface area contributed by atoms with E-state index in [1.165, 1.54) is 0 Å². The van der Waals surface area contributed by atoms with Gasteiger partial charge in [0.05, 0.1) is 11.9 Å². The van der Waals surface area contributed by atoms with Crippen LogP contribution in [0.15, 0.2) is 48.8 Å². The molecule has 24 heavy (non-hydrogen) atoms. The molecule has 3 rings (SSSR count). The number of amides is 1. The lowest BCUT2D eigenvalue weighted by molar-refractivity contribution is -0.116. The molecule has 1 aromatic heterocycles. The summed E-state index contributed by atoms with van der Waals surface area (Å²) in [6.45, 7) is 4.03. The minimum atomic E-state index is -0.814. The van der Waals surface area contributed by atoms with Gasteiger partial charge in [-0.05, 0) is 36.6 Å². The second-order valence-corrected chi connectivity index (χ2v) is 6.41. The zero-order valence-corrected chi connectivity index (χ0v) is 13.9. The van der Waals surface area contributed by atoms with Crippen molar-refractivity contribution >= 4 is 11.6 Å². The van der Waals surface area contributed by atoms with E-state index < -0.39 is 5.60 Å². The molecule has 1 fully saturated rings. The Morgan fingerprint density at radius 3 is 2.92 bits per heavy atom. The average molecular weight is 325 g/mol. The molecule has 1 aliphatic heterocycles. The van der Waals surface area contributed by atoms with E-state index in [-0.39, 0.29) is 5.91 Å². The Morgan fingerprint density at radius 1 is 1.33 bits per heavy atom. The minimum Gasteiger partial charge on any atom is -0.384 e. The first-order valence-electron chi connectivity index (χ1n) is 8.27. The number of aryl methyl sites for hydroxylation is 1. The van der Waals surface area contributed by atoms with Gasteiger partial charge in [-0.15, -0.1) is 0 Å². The van der Waals surface area contributed by atoms with Gasteiger partial charge in [-0.2, -0.15) is 0 Å². The summed E-state index contributed by atoms with van der Waals surface area (Å²) in [7, 11) is 0. The van der Waals surface area contributed by atoms with Crippen LogP contribution in [0.5, 0.6) is 0 Å². The average Bonchev–Trinajstić information content (AvgIpc) is 2.97. The molecule has 0 radical (unpaired) electrons. The van der Waals surface area contributed by atoms with Crippen molar-refractivity contribution < 1.29 is 9.90 Å². The molecule has 1 aliphatic rings. The van der Waals surface area contributed by atoms with Crippen molar-refractivity contribution in [2.45, 2.75) is 25.4 Å². The number of nitrogens with one attached hydrogen (secondary N) is 1. The minimum absolute atomic E-state index is 0.0330. The predicted molar refractivity (Wildman–Crippen MR) is 93.6 cm³/mol. The van der Waals surface area contributed by atoms with Gasteiger partial charge >= 0.3 is 0 Å². The maximum absolute atomic E-state index is 12.0. The number of aliphatic hydroxyl groups is 1. The quantitative estimate of drug-likeness (QED) is 0.885. The first-order chi connectivity index (χ1) is 11.6. The highest BCUT2D eigenvalue weighted by molar-refractivity contribution is 5.90. The molecule has 126 valence electrons. The van der Waals surface area contributed by atoms with Crippen molar-refractivity contribution in [3.63, 3.8) is 0 Å². The molecule has 1 unspecified atom stereocenters. The number of pyridine rings is 1. The Bertz CT molecular complexity index is 705. The fraction of sp³-hybridized carbons (Fsp3) is 0.368. The molecule has 2 aromatic rings. The maximum Gasteiger partial charge on any atom is 0.225 e. The van der Waals surface area contributed by atoms with Crippen molar-refractivity contribution in [1.82, 2.24) is 9.88 Å². The lowest BCUT2D eigenvalue weighted by Gasteiger charge is -2.25. The highest BCUT2D eigenvalue weighted by Crippen LogP contribution is 2.33. The predicted octanol–water partition coefficient (Wildman–Crippen LogP) is 2.31. The Labute approximate surface area is 142 Å². The lowest BCUT2D eigenvalue weighted by atomic mass is 9.89. The van der Waals surface area contributed by atoms with Crippen molar-refractivity contribution in [3.05, 3.63) is 59.9 Å². The Kier molecular flexibility index (Phi) is 4.92. The van der Waals surface area contributed by atoms with Crippen LogP contribution in [0.3, 0.4) is 0 Å². The second kappa shape index (κ2) is 7.11. The Balaban J connectivity index is 1.53. The summed E-state index contributed by atoms with van der Waals surface area (Å²) in [4.78, 5) is 18.2. The zero-order valence-electron chi connectivity index (χ0n) is 13.9. The fourth-order valence-electron chi connectivity index (χ4n) is 3.30. The Hall–Kier alpha value is -2.24. The number of nitrogens with zero attached hydrogens (tertiary/aromatic N) is 2. The third-order valence-corrected chi connectivity index (χ3v) is 4.57. The first kappa shape index (κ1) is 16.6. The molecular formula is C19H23N3O2. The normalized spacial score (nSPS) is 20.9. The highest BCUT2D eigenvalue weighted by Gasteiger charge is 2.38. The van der Waals surface area contributed by atoms with Gasteiger partial charge in [0.2, 0.25) is 5.91 Å². The van der Waals surface area contributed by atoms with Crippen molar-refractivity contribution in [3.8, 4) is 0 Å². The molecule has 1 saturated heterocycles. The third kappa shape index (κ3) is 3.80. The van der Waals surface area contributed by atoms with Gasteiger partial charge in [-0.25, -0.2) is 0 Å². The van der Waals surface area contributed by atoms with E-state index in [1.54, 1.807) is 18.5 Å². The van der Waals surface area contributed by atoms with Gasteiger partial charge in [0, 0.05) is 32.3 Å². The summed E-state index contributed by atoms with van der Waals surface area (Å²) in [5.41, 5.74) is 1.99. The van der Waals surface area contributed by atoms with E-state index in [9.17, 15) is 9.90 Å². The van der Waals surface area contributed by atoms with Gasteiger partial charge in [0.15, 0.2) is 0 Å². The molecule has 2 heterocycles. The van der Waals surface area contributed by atoms with E-state index in [4.69, 9.17) is 0 Å². The van der Waals surface area contributed by atoms with Crippen molar-refractivity contribution in [1.29, 1.82) is 0 Å². The molecule has 5 heteroatoms. The number of benzene rings is 1. The van der Waals surface area contributed by atoms with Crippen LogP contribution < -0.4 is 5.32 Å². The van der Waals surface area contributed by atoms with Crippen LogP contribution >= 0.6 is 0 Å². The van der Waals surface area contributed by atoms with Crippen LogP contribution in [-0.2, 0) is 10.4 Å². The van der Waals surface area contributed by atoms with Gasteiger partial charge in [0.1, 0.15) is 5.60 Å². The number of hydrogen-bond donors (Lipinski definition) is 2. The van der Waals surface area contributed by atoms with Crippen LogP contribution in [-0.4, -0.2) is 40.5 Å².